The van der Waals surface area contributed by atoms with Crippen LogP contribution in [0.15, 0.2) is 59.4 Å². The van der Waals surface area contributed by atoms with E-state index in [4.69, 9.17) is 9.47 Å². The zero-order valence-electron chi connectivity index (χ0n) is 11.2. The van der Waals surface area contributed by atoms with Crippen molar-refractivity contribution in [3.63, 3.8) is 0 Å². The van der Waals surface area contributed by atoms with Gasteiger partial charge < -0.3 is 9.47 Å². The molecule has 0 saturated carbocycles. The standard InChI is InChI=1S/C16H11NO4/c1-20-16(19)13-9-5-4-8-12-14(9)17(15(13)18)10-6-2-3-7-11(10)21-12/h2-8,14H,1H3. The summed E-state index contributed by atoms with van der Waals surface area (Å²) in [5.74, 6) is 0.274. The summed E-state index contributed by atoms with van der Waals surface area (Å²) in [4.78, 5) is 26.2. The second-order valence-corrected chi connectivity index (χ2v) is 4.90. The molecular weight excluding hydrogens is 270 g/mol. The highest BCUT2D eigenvalue weighted by Gasteiger charge is 2.48. The molecule has 4 rings (SSSR count). The van der Waals surface area contributed by atoms with E-state index in [9.17, 15) is 9.59 Å². The number of benzene rings is 1. The Labute approximate surface area is 120 Å². The number of amides is 1. The summed E-state index contributed by atoms with van der Waals surface area (Å²) in [6, 6.07) is 6.90. The number of nitrogens with zero attached hydrogens (tertiary/aromatic N) is 1. The number of carbonyl (C=O) groups excluding carboxylic acids is 2. The van der Waals surface area contributed by atoms with Gasteiger partial charge in [0.2, 0.25) is 0 Å². The average molecular weight is 281 g/mol. The number of fused-ring (bicyclic) bond motifs is 2. The fraction of sp³-hybridized carbons (Fsp3) is 0.125. The SMILES string of the molecule is COC(=O)C1=C2C=CC=C3Oc4ccccc4N(C1=O)C32. The number of anilines is 1. The number of para-hydroxylation sites is 2. The van der Waals surface area contributed by atoms with Gasteiger partial charge in [0.05, 0.1) is 12.8 Å². The first-order valence-corrected chi connectivity index (χ1v) is 6.53. The molecular formula is C16H11NO4. The molecule has 1 aliphatic carbocycles. The predicted octanol–water partition coefficient (Wildman–Crippen LogP) is 1.72. The molecule has 0 N–H and O–H groups in total. The third-order valence-electron chi connectivity index (χ3n) is 3.82. The van der Waals surface area contributed by atoms with Crippen molar-refractivity contribution in [2.75, 3.05) is 12.0 Å². The summed E-state index contributed by atoms with van der Waals surface area (Å²) < 4.78 is 10.6. The monoisotopic (exact) mass is 281 g/mol. The fourth-order valence-electron chi connectivity index (χ4n) is 2.94. The van der Waals surface area contributed by atoms with Crippen molar-refractivity contribution in [1.82, 2.24) is 0 Å². The van der Waals surface area contributed by atoms with Crippen LogP contribution in [-0.2, 0) is 14.3 Å². The zero-order chi connectivity index (χ0) is 14.6. The van der Waals surface area contributed by atoms with Crippen molar-refractivity contribution in [2.24, 2.45) is 0 Å². The first-order chi connectivity index (χ1) is 10.2. The van der Waals surface area contributed by atoms with Gasteiger partial charge >= 0.3 is 5.97 Å². The lowest BCUT2D eigenvalue weighted by atomic mass is 9.97. The highest BCUT2D eigenvalue weighted by atomic mass is 16.5. The van der Waals surface area contributed by atoms with Gasteiger partial charge in [0.25, 0.3) is 5.91 Å². The van der Waals surface area contributed by atoms with E-state index in [2.05, 4.69) is 0 Å². The summed E-state index contributed by atoms with van der Waals surface area (Å²) in [5, 5.41) is 0. The first-order valence-electron chi connectivity index (χ1n) is 6.53. The average Bonchev–Trinajstić information content (AvgIpc) is 2.81. The highest BCUT2D eigenvalue weighted by molar-refractivity contribution is 6.26. The maximum absolute atomic E-state index is 12.7. The molecule has 5 nitrogen and oxygen atoms in total. The molecule has 1 unspecified atom stereocenters. The summed E-state index contributed by atoms with van der Waals surface area (Å²) in [6.07, 6.45) is 5.34. The molecule has 21 heavy (non-hydrogen) atoms. The van der Waals surface area contributed by atoms with Crippen LogP contribution in [0.3, 0.4) is 0 Å². The maximum Gasteiger partial charge on any atom is 0.343 e. The van der Waals surface area contributed by atoms with Gasteiger partial charge in [-0.05, 0) is 18.2 Å². The minimum Gasteiger partial charge on any atom is -0.465 e. The van der Waals surface area contributed by atoms with Crippen molar-refractivity contribution in [1.29, 1.82) is 0 Å². The Morgan fingerprint density at radius 2 is 2.14 bits per heavy atom. The molecule has 1 aromatic carbocycles. The lowest BCUT2D eigenvalue weighted by Crippen LogP contribution is -2.42. The van der Waals surface area contributed by atoms with Crippen LogP contribution >= 0.6 is 0 Å². The molecule has 1 aromatic rings. The Hall–Kier alpha value is -2.82. The minimum atomic E-state index is -0.618. The maximum atomic E-state index is 12.7. The summed E-state index contributed by atoms with van der Waals surface area (Å²) in [7, 11) is 1.27. The second kappa shape index (κ2) is 4.09. The van der Waals surface area contributed by atoms with Crippen LogP contribution < -0.4 is 9.64 Å². The fourth-order valence-corrected chi connectivity index (χ4v) is 2.94. The van der Waals surface area contributed by atoms with Crippen molar-refractivity contribution >= 4 is 17.6 Å². The van der Waals surface area contributed by atoms with Gasteiger partial charge in [0.1, 0.15) is 17.4 Å². The van der Waals surface area contributed by atoms with Crippen molar-refractivity contribution < 1.29 is 19.1 Å². The van der Waals surface area contributed by atoms with Crippen LogP contribution in [0.2, 0.25) is 0 Å². The van der Waals surface area contributed by atoms with Gasteiger partial charge in [-0.25, -0.2) is 4.79 Å². The van der Waals surface area contributed by atoms with Gasteiger partial charge in [0.15, 0.2) is 5.75 Å². The van der Waals surface area contributed by atoms with Crippen molar-refractivity contribution in [3.05, 3.63) is 59.4 Å². The molecule has 0 aromatic heterocycles. The molecule has 104 valence electrons. The smallest absolute Gasteiger partial charge is 0.343 e. The summed E-state index contributed by atoms with van der Waals surface area (Å²) >= 11 is 0. The van der Waals surface area contributed by atoms with Gasteiger partial charge in [-0.15, -0.1) is 0 Å². The zero-order valence-corrected chi connectivity index (χ0v) is 11.2. The van der Waals surface area contributed by atoms with Gasteiger partial charge in [0, 0.05) is 5.57 Å². The Morgan fingerprint density at radius 1 is 1.33 bits per heavy atom. The Balaban J connectivity index is 1.95. The number of hydrogen-bond acceptors (Lipinski definition) is 4. The normalized spacial score (nSPS) is 21.6. The third kappa shape index (κ3) is 1.45. The molecule has 1 atom stereocenters. The van der Waals surface area contributed by atoms with E-state index in [0.717, 1.165) is 0 Å². The number of carbonyl (C=O) groups is 2. The second-order valence-electron chi connectivity index (χ2n) is 4.90. The molecule has 5 heteroatoms. The highest BCUT2D eigenvalue weighted by Crippen LogP contribution is 2.46. The number of hydrogen-bond donors (Lipinski definition) is 0. The Kier molecular flexibility index (Phi) is 2.33. The third-order valence-corrected chi connectivity index (χ3v) is 3.82. The molecule has 0 saturated heterocycles. The van der Waals surface area contributed by atoms with E-state index in [1.807, 2.05) is 18.2 Å². The lowest BCUT2D eigenvalue weighted by Gasteiger charge is -2.35. The minimum absolute atomic E-state index is 0.0738. The van der Waals surface area contributed by atoms with E-state index in [0.29, 0.717) is 22.8 Å². The topological polar surface area (TPSA) is 55.8 Å². The molecule has 2 heterocycles. The number of methoxy groups -OCH3 is 1. The van der Waals surface area contributed by atoms with Crippen LogP contribution in [0.5, 0.6) is 5.75 Å². The van der Waals surface area contributed by atoms with E-state index in [-0.39, 0.29) is 17.5 Å². The van der Waals surface area contributed by atoms with Gasteiger partial charge in [-0.3, -0.25) is 9.69 Å². The molecule has 3 aliphatic rings. The van der Waals surface area contributed by atoms with Crippen LogP contribution in [0.1, 0.15) is 0 Å². The number of esters is 1. The lowest BCUT2D eigenvalue weighted by molar-refractivity contribution is -0.137. The van der Waals surface area contributed by atoms with E-state index >= 15 is 0 Å². The number of allylic oxidation sites excluding steroid dienone is 2. The first kappa shape index (κ1) is 12.0. The van der Waals surface area contributed by atoms with E-state index in [1.165, 1.54) is 7.11 Å². The Bertz CT molecular complexity index is 772. The van der Waals surface area contributed by atoms with Crippen molar-refractivity contribution in [2.45, 2.75) is 6.04 Å². The van der Waals surface area contributed by atoms with Gasteiger partial charge in [-0.2, -0.15) is 0 Å². The molecule has 0 spiro atoms. The largest absolute Gasteiger partial charge is 0.465 e. The molecule has 1 amide bonds. The van der Waals surface area contributed by atoms with Crippen LogP contribution in [0.25, 0.3) is 0 Å². The molecule has 0 bridgehead atoms. The summed E-state index contributed by atoms with van der Waals surface area (Å²) in [5.41, 5.74) is 1.36. The number of rotatable bonds is 1. The quantitative estimate of drug-likeness (QED) is 0.581. The van der Waals surface area contributed by atoms with Crippen LogP contribution in [-0.4, -0.2) is 25.0 Å². The van der Waals surface area contributed by atoms with E-state index < -0.39 is 5.97 Å². The predicted molar refractivity (Wildman–Crippen MR) is 74.6 cm³/mol. The van der Waals surface area contributed by atoms with Crippen LogP contribution in [0.4, 0.5) is 5.69 Å². The van der Waals surface area contributed by atoms with Crippen molar-refractivity contribution in [3.8, 4) is 5.75 Å². The van der Waals surface area contributed by atoms with Gasteiger partial charge in [-0.1, -0.05) is 24.3 Å². The Morgan fingerprint density at radius 3 is 2.95 bits per heavy atom. The number of ether oxygens (including phenoxy) is 2. The van der Waals surface area contributed by atoms with E-state index in [1.54, 1.807) is 29.2 Å². The molecule has 2 aliphatic heterocycles. The van der Waals surface area contributed by atoms with Crippen LogP contribution in [0, 0.1) is 0 Å². The summed E-state index contributed by atoms with van der Waals surface area (Å²) in [6.45, 7) is 0. The molecule has 0 fully saturated rings. The molecule has 0 radical (unpaired) electrons.